The van der Waals surface area contributed by atoms with E-state index in [0.29, 0.717) is 27.7 Å². The molecule has 0 fully saturated rings. The minimum Gasteiger partial charge on any atom is -0.478 e. The Bertz CT molecular complexity index is 1260. The second-order valence-electron chi connectivity index (χ2n) is 8.65. The zero-order valence-corrected chi connectivity index (χ0v) is 21.4. The molecule has 12 heteroatoms. The van der Waals surface area contributed by atoms with Gasteiger partial charge >= 0.3 is 5.97 Å². The first kappa shape index (κ1) is 26.9. The van der Waals surface area contributed by atoms with Crippen molar-refractivity contribution in [2.75, 3.05) is 11.1 Å². The number of amides is 2. The number of carbonyl (C=O) groups is 3. The highest BCUT2D eigenvalue weighted by Crippen LogP contribution is 2.24. The molecule has 1 heterocycles. The Labute approximate surface area is 217 Å². The Morgan fingerprint density at radius 2 is 1.89 bits per heavy atom. The van der Waals surface area contributed by atoms with E-state index in [2.05, 4.69) is 26.2 Å². The van der Waals surface area contributed by atoms with Crippen LogP contribution in [-0.2, 0) is 9.59 Å². The number of thioether (sulfide) groups is 1. The fraction of sp³-hybridized carbons (Fsp3) is 0.250. The number of aromatic carboxylic acids is 1. The van der Waals surface area contributed by atoms with Gasteiger partial charge in [0.2, 0.25) is 11.8 Å². The Morgan fingerprint density at radius 1 is 1.17 bits per heavy atom. The van der Waals surface area contributed by atoms with Crippen molar-refractivity contribution >= 4 is 52.9 Å². The number of tetrazole rings is 1. The Kier molecular flexibility index (Phi) is 8.83. The van der Waals surface area contributed by atoms with Crippen molar-refractivity contribution in [1.29, 1.82) is 0 Å². The maximum atomic E-state index is 13.0. The highest BCUT2D eigenvalue weighted by molar-refractivity contribution is 8.00. The lowest BCUT2D eigenvalue weighted by molar-refractivity contribution is -0.123. The molecule has 0 unspecified atom stereocenters. The number of anilines is 1. The first-order chi connectivity index (χ1) is 17.0. The molecule has 3 rings (SSSR count). The lowest BCUT2D eigenvalue weighted by Crippen LogP contribution is -2.45. The topological polar surface area (TPSA) is 139 Å². The molecule has 0 spiro atoms. The van der Waals surface area contributed by atoms with Gasteiger partial charge in [0.05, 0.1) is 11.3 Å². The van der Waals surface area contributed by atoms with Gasteiger partial charge in [-0.15, -0.1) is 5.10 Å². The van der Waals surface area contributed by atoms with E-state index in [1.54, 1.807) is 24.3 Å². The minimum atomic E-state index is -1.06. The number of hydrogen-bond acceptors (Lipinski definition) is 7. The summed E-state index contributed by atoms with van der Waals surface area (Å²) in [4.78, 5) is 36.8. The number of hydrogen-bond donors (Lipinski definition) is 3. The molecule has 0 aliphatic rings. The molecule has 188 valence electrons. The number of benzene rings is 2. The monoisotopic (exact) mass is 528 g/mol. The van der Waals surface area contributed by atoms with Crippen molar-refractivity contribution < 1.29 is 19.5 Å². The first-order valence-electron chi connectivity index (χ1n) is 10.8. The predicted octanol–water partition coefficient (Wildman–Crippen LogP) is 3.68. The van der Waals surface area contributed by atoms with Gasteiger partial charge in [-0.2, -0.15) is 16.4 Å². The minimum absolute atomic E-state index is 0.105. The zero-order valence-electron chi connectivity index (χ0n) is 19.8. The van der Waals surface area contributed by atoms with E-state index in [4.69, 9.17) is 16.7 Å². The summed E-state index contributed by atoms with van der Waals surface area (Å²) in [5.74, 6) is -1.63. The van der Waals surface area contributed by atoms with Crippen LogP contribution in [0.25, 0.3) is 11.8 Å². The van der Waals surface area contributed by atoms with Crippen LogP contribution in [0.15, 0.2) is 54.9 Å². The van der Waals surface area contributed by atoms with Crippen LogP contribution in [0.3, 0.4) is 0 Å². The smallest absolute Gasteiger partial charge is 0.335 e. The molecule has 1 atom stereocenters. The predicted molar refractivity (Wildman–Crippen MR) is 139 cm³/mol. The summed E-state index contributed by atoms with van der Waals surface area (Å²) in [6.07, 6.45) is 4.30. The molecule has 0 radical (unpaired) electrons. The molecular weight excluding hydrogens is 504 g/mol. The maximum absolute atomic E-state index is 13.0. The summed E-state index contributed by atoms with van der Waals surface area (Å²) in [6.45, 7) is 6.04. The summed E-state index contributed by atoms with van der Waals surface area (Å²) < 4.78 is 1.31. The van der Waals surface area contributed by atoms with E-state index >= 15 is 0 Å². The second-order valence-corrected chi connectivity index (χ2v) is 10.9. The molecule has 0 aliphatic heterocycles. The van der Waals surface area contributed by atoms with E-state index < -0.39 is 23.8 Å². The highest BCUT2D eigenvalue weighted by Gasteiger charge is 2.23. The van der Waals surface area contributed by atoms with Crippen LogP contribution >= 0.6 is 23.4 Å². The van der Waals surface area contributed by atoms with Gasteiger partial charge in [-0.1, -0.05) is 32.4 Å². The number of carbonyl (C=O) groups excluding carboxylic acids is 2. The van der Waals surface area contributed by atoms with Crippen LogP contribution in [0, 0.1) is 0 Å². The van der Waals surface area contributed by atoms with Gasteiger partial charge in [-0.3, -0.25) is 9.59 Å². The fourth-order valence-corrected chi connectivity index (χ4v) is 4.05. The average Bonchev–Trinajstić information content (AvgIpc) is 3.35. The molecule has 36 heavy (non-hydrogen) atoms. The van der Waals surface area contributed by atoms with Crippen molar-refractivity contribution in [3.05, 3.63) is 71.0 Å². The number of aromatic nitrogens is 4. The van der Waals surface area contributed by atoms with Crippen LogP contribution in [-0.4, -0.2) is 59.6 Å². The van der Waals surface area contributed by atoms with E-state index in [-0.39, 0.29) is 10.3 Å². The van der Waals surface area contributed by atoms with Crippen molar-refractivity contribution in [2.24, 2.45) is 0 Å². The number of carboxylic acid groups (broad SMARTS) is 1. The van der Waals surface area contributed by atoms with Crippen LogP contribution in [0.1, 0.15) is 36.7 Å². The Balaban J connectivity index is 1.75. The number of halogens is 1. The second kappa shape index (κ2) is 11.8. The van der Waals surface area contributed by atoms with Crippen molar-refractivity contribution in [3.63, 3.8) is 0 Å². The normalized spacial score (nSPS) is 12.3. The Hall–Kier alpha value is -3.70. The first-order valence-corrected chi connectivity index (χ1v) is 12.2. The van der Waals surface area contributed by atoms with E-state index in [0.717, 1.165) is 0 Å². The van der Waals surface area contributed by atoms with Crippen LogP contribution in [0.5, 0.6) is 0 Å². The molecule has 1 aromatic heterocycles. The van der Waals surface area contributed by atoms with Gasteiger partial charge in [-0.05, 0) is 59.0 Å². The number of nitrogens with zero attached hydrogens (tertiary/aromatic N) is 4. The van der Waals surface area contributed by atoms with Gasteiger partial charge in [0, 0.05) is 32.8 Å². The molecule has 2 amide bonds. The van der Waals surface area contributed by atoms with Crippen LogP contribution in [0.2, 0.25) is 5.02 Å². The molecular formula is C24H25ClN6O4S. The van der Waals surface area contributed by atoms with Crippen molar-refractivity contribution in [1.82, 2.24) is 25.5 Å². The van der Waals surface area contributed by atoms with E-state index in [1.165, 1.54) is 53.1 Å². The lowest BCUT2D eigenvalue weighted by atomic mass is 10.1. The molecule has 0 saturated heterocycles. The number of carboxylic acids is 1. The van der Waals surface area contributed by atoms with Gasteiger partial charge in [0.1, 0.15) is 12.4 Å². The summed E-state index contributed by atoms with van der Waals surface area (Å²) in [5.41, 5.74) is 1.75. The Morgan fingerprint density at radius 3 is 2.50 bits per heavy atom. The third kappa shape index (κ3) is 7.92. The summed E-state index contributed by atoms with van der Waals surface area (Å²) in [6, 6.07) is 10.0. The van der Waals surface area contributed by atoms with Gasteiger partial charge in [-0.25, -0.2) is 4.79 Å². The fourth-order valence-electron chi connectivity index (χ4n) is 2.97. The lowest BCUT2D eigenvalue weighted by Gasteiger charge is -2.23. The number of nitrogens with one attached hydrogen (secondary N) is 2. The molecule has 0 saturated carbocycles. The molecule has 2 aromatic carbocycles. The van der Waals surface area contributed by atoms with Gasteiger partial charge in [0.25, 0.3) is 0 Å². The summed E-state index contributed by atoms with van der Waals surface area (Å²) in [7, 11) is 0. The van der Waals surface area contributed by atoms with Gasteiger partial charge < -0.3 is 15.7 Å². The zero-order chi connectivity index (χ0) is 26.3. The SMILES string of the molecule is CC(C)(C)SC[C@H](NC(=O)/C=C/c1cc(Cl)ccc1-n1cnnn1)C(=O)Nc1ccc(C(=O)O)cc1. The van der Waals surface area contributed by atoms with Crippen LogP contribution < -0.4 is 10.6 Å². The largest absolute Gasteiger partial charge is 0.478 e. The summed E-state index contributed by atoms with van der Waals surface area (Å²) in [5, 5.41) is 26.1. The van der Waals surface area contributed by atoms with Crippen LogP contribution in [0.4, 0.5) is 5.69 Å². The maximum Gasteiger partial charge on any atom is 0.335 e. The van der Waals surface area contributed by atoms with Crippen molar-refractivity contribution in [2.45, 2.75) is 31.6 Å². The molecule has 3 N–H and O–H groups in total. The molecule has 3 aromatic rings. The summed E-state index contributed by atoms with van der Waals surface area (Å²) >= 11 is 7.65. The third-order valence-electron chi connectivity index (χ3n) is 4.72. The number of rotatable bonds is 9. The van der Waals surface area contributed by atoms with Crippen molar-refractivity contribution in [3.8, 4) is 5.69 Å². The highest BCUT2D eigenvalue weighted by atomic mass is 35.5. The molecule has 0 bridgehead atoms. The van der Waals surface area contributed by atoms with Gasteiger partial charge in [0.15, 0.2) is 0 Å². The molecule has 10 nitrogen and oxygen atoms in total. The third-order valence-corrected chi connectivity index (χ3v) is 6.32. The average molecular weight is 529 g/mol. The van der Waals surface area contributed by atoms with E-state index in [1.807, 2.05) is 20.8 Å². The quantitative estimate of drug-likeness (QED) is 0.357. The van der Waals surface area contributed by atoms with E-state index in [9.17, 15) is 14.4 Å². The molecule has 0 aliphatic carbocycles. The standard InChI is InChI=1S/C24H25ClN6O4S/c1-24(2,3)36-13-19(22(33)27-18-8-4-15(5-9-18)23(34)35)28-21(32)11-6-16-12-17(25)7-10-20(16)31-14-26-29-30-31/h4-12,14,19H,13H2,1-3H3,(H,27,33)(H,28,32)(H,34,35)/b11-6+/t19-/m0/s1.